The van der Waals surface area contributed by atoms with Crippen LogP contribution in [0.5, 0.6) is 11.5 Å². The van der Waals surface area contributed by atoms with E-state index in [0.717, 1.165) is 54.7 Å². The van der Waals surface area contributed by atoms with Crippen molar-refractivity contribution in [1.29, 1.82) is 0 Å². The number of aromatic amines is 1. The third-order valence-electron chi connectivity index (χ3n) is 3.38. The maximum Gasteiger partial charge on any atom is 0.231 e. The normalized spacial score (nSPS) is 18.6. The van der Waals surface area contributed by atoms with Crippen LogP contribution in [-0.2, 0) is 0 Å². The van der Waals surface area contributed by atoms with Crippen LogP contribution < -0.4 is 19.7 Å². The molecule has 2 N–H and O–H groups in total. The lowest BCUT2D eigenvalue weighted by molar-refractivity contribution is 0.174. The number of benzene rings is 1. The van der Waals surface area contributed by atoms with E-state index in [1.54, 1.807) is 0 Å². The SMILES string of the molecule is c1c2c(cc3[nH]c(N4CCNCC4)nc13)OCO2. The van der Waals surface area contributed by atoms with Gasteiger partial charge < -0.3 is 24.7 Å². The zero-order valence-corrected chi connectivity index (χ0v) is 9.90. The molecular formula is C12H14N4O2. The molecule has 18 heavy (non-hydrogen) atoms. The summed E-state index contributed by atoms with van der Waals surface area (Å²) in [5, 5.41) is 3.33. The number of hydrogen-bond donors (Lipinski definition) is 2. The lowest BCUT2D eigenvalue weighted by Crippen LogP contribution is -2.44. The van der Waals surface area contributed by atoms with Crippen LogP contribution in [0.25, 0.3) is 11.0 Å². The minimum Gasteiger partial charge on any atom is -0.454 e. The highest BCUT2D eigenvalue weighted by atomic mass is 16.7. The Morgan fingerprint density at radius 3 is 2.72 bits per heavy atom. The van der Waals surface area contributed by atoms with E-state index < -0.39 is 0 Å². The molecule has 1 aromatic heterocycles. The highest BCUT2D eigenvalue weighted by Gasteiger charge is 2.18. The summed E-state index contributed by atoms with van der Waals surface area (Å²) in [5.74, 6) is 2.49. The van der Waals surface area contributed by atoms with Crippen molar-refractivity contribution in [2.45, 2.75) is 0 Å². The van der Waals surface area contributed by atoms with Crippen molar-refractivity contribution in [2.24, 2.45) is 0 Å². The molecule has 0 atom stereocenters. The average molecular weight is 246 g/mol. The summed E-state index contributed by atoms with van der Waals surface area (Å²) in [4.78, 5) is 10.2. The number of ether oxygens (including phenoxy) is 2. The quantitative estimate of drug-likeness (QED) is 0.775. The van der Waals surface area contributed by atoms with E-state index in [1.165, 1.54) is 0 Å². The van der Waals surface area contributed by atoms with Crippen molar-refractivity contribution in [3.63, 3.8) is 0 Å². The highest BCUT2D eigenvalue weighted by Crippen LogP contribution is 2.35. The molecule has 0 spiro atoms. The molecule has 2 aliphatic heterocycles. The van der Waals surface area contributed by atoms with E-state index in [-0.39, 0.29) is 0 Å². The fourth-order valence-electron chi connectivity index (χ4n) is 2.41. The second-order valence-corrected chi connectivity index (χ2v) is 4.52. The number of nitrogens with zero attached hydrogens (tertiary/aromatic N) is 2. The van der Waals surface area contributed by atoms with Crippen molar-refractivity contribution in [3.8, 4) is 11.5 Å². The highest BCUT2D eigenvalue weighted by molar-refractivity contribution is 5.82. The number of nitrogens with one attached hydrogen (secondary N) is 2. The molecule has 4 rings (SSSR count). The van der Waals surface area contributed by atoms with E-state index in [0.29, 0.717) is 6.79 Å². The van der Waals surface area contributed by atoms with Gasteiger partial charge in [0.2, 0.25) is 12.7 Å². The number of fused-ring (bicyclic) bond motifs is 2. The van der Waals surface area contributed by atoms with Crippen LogP contribution in [0.15, 0.2) is 12.1 Å². The van der Waals surface area contributed by atoms with Crippen LogP contribution in [0.1, 0.15) is 0 Å². The predicted octanol–water partition coefficient (Wildman–Crippen LogP) is 0.701. The van der Waals surface area contributed by atoms with Gasteiger partial charge in [0.1, 0.15) is 0 Å². The van der Waals surface area contributed by atoms with Gasteiger partial charge in [-0.15, -0.1) is 0 Å². The lowest BCUT2D eigenvalue weighted by atomic mass is 10.3. The molecule has 6 heteroatoms. The van der Waals surface area contributed by atoms with Gasteiger partial charge in [0.15, 0.2) is 11.5 Å². The topological polar surface area (TPSA) is 62.4 Å². The molecule has 0 saturated carbocycles. The molecule has 0 unspecified atom stereocenters. The third kappa shape index (κ3) is 1.49. The monoisotopic (exact) mass is 246 g/mol. The zero-order valence-electron chi connectivity index (χ0n) is 9.90. The van der Waals surface area contributed by atoms with E-state index in [1.807, 2.05) is 12.1 Å². The Hall–Kier alpha value is -1.95. The Morgan fingerprint density at radius 1 is 1.11 bits per heavy atom. The van der Waals surface area contributed by atoms with Gasteiger partial charge in [0.25, 0.3) is 0 Å². The number of piperazine rings is 1. The van der Waals surface area contributed by atoms with Gasteiger partial charge in [-0.1, -0.05) is 0 Å². The molecule has 0 bridgehead atoms. The Balaban J connectivity index is 1.75. The van der Waals surface area contributed by atoms with Crippen molar-refractivity contribution < 1.29 is 9.47 Å². The van der Waals surface area contributed by atoms with Crippen LogP contribution in [0, 0.1) is 0 Å². The van der Waals surface area contributed by atoms with E-state index >= 15 is 0 Å². The van der Waals surface area contributed by atoms with Crippen LogP contribution >= 0.6 is 0 Å². The molecule has 1 fully saturated rings. The summed E-state index contributed by atoms with van der Waals surface area (Å²) in [6.07, 6.45) is 0. The second-order valence-electron chi connectivity index (χ2n) is 4.52. The summed E-state index contributed by atoms with van der Waals surface area (Å²) in [6.45, 7) is 4.26. The Labute approximate surface area is 104 Å². The number of aromatic nitrogens is 2. The molecule has 0 aliphatic carbocycles. The van der Waals surface area contributed by atoms with Crippen LogP contribution in [-0.4, -0.2) is 42.9 Å². The van der Waals surface area contributed by atoms with Gasteiger partial charge in [-0.25, -0.2) is 4.98 Å². The minimum absolute atomic E-state index is 0.298. The molecule has 0 amide bonds. The van der Waals surface area contributed by atoms with E-state index in [9.17, 15) is 0 Å². The molecule has 2 aromatic rings. The van der Waals surface area contributed by atoms with E-state index in [4.69, 9.17) is 9.47 Å². The van der Waals surface area contributed by atoms with Gasteiger partial charge >= 0.3 is 0 Å². The maximum absolute atomic E-state index is 5.37. The van der Waals surface area contributed by atoms with Gasteiger partial charge in [0, 0.05) is 38.3 Å². The Morgan fingerprint density at radius 2 is 1.89 bits per heavy atom. The predicted molar refractivity (Wildman–Crippen MR) is 67.3 cm³/mol. The van der Waals surface area contributed by atoms with Gasteiger partial charge in [-0.05, 0) is 0 Å². The number of anilines is 1. The smallest absolute Gasteiger partial charge is 0.231 e. The number of hydrogen-bond acceptors (Lipinski definition) is 5. The molecule has 3 heterocycles. The fourth-order valence-corrected chi connectivity index (χ4v) is 2.41. The fraction of sp³-hybridized carbons (Fsp3) is 0.417. The first kappa shape index (κ1) is 10.0. The first-order valence-electron chi connectivity index (χ1n) is 6.15. The molecule has 1 aromatic carbocycles. The second kappa shape index (κ2) is 3.78. The van der Waals surface area contributed by atoms with Crippen molar-refractivity contribution in [1.82, 2.24) is 15.3 Å². The minimum atomic E-state index is 0.298. The Kier molecular flexibility index (Phi) is 2.10. The molecule has 1 saturated heterocycles. The standard InChI is InChI=1S/C12H14N4O2/c1-3-16(4-2-13-1)12-14-8-5-10-11(18-7-17-10)6-9(8)15-12/h5-6,13H,1-4,7H2,(H,14,15). The zero-order chi connectivity index (χ0) is 11.9. The summed E-state index contributed by atoms with van der Waals surface area (Å²) < 4.78 is 10.7. The number of H-pyrrole nitrogens is 1. The molecular weight excluding hydrogens is 232 g/mol. The van der Waals surface area contributed by atoms with Crippen LogP contribution in [0.4, 0.5) is 5.95 Å². The lowest BCUT2D eigenvalue weighted by Gasteiger charge is -2.26. The summed E-state index contributed by atoms with van der Waals surface area (Å²) in [7, 11) is 0. The number of imidazole rings is 1. The summed E-state index contributed by atoms with van der Waals surface area (Å²) in [5.41, 5.74) is 1.92. The van der Waals surface area contributed by atoms with Crippen molar-refractivity contribution >= 4 is 17.0 Å². The maximum atomic E-state index is 5.37. The molecule has 6 nitrogen and oxygen atoms in total. The largest absolute Gasteiger partial charge is 0.454 e. The van der Waals surface area contributed by atoms with Crippen LogP contribution in [0.3, 0.4) is 0 Å². The molecule has 2 aliphatic rings. The van der Waals surface area contributed by atoms with Gasteiger partial charge in [-0.2, -0.15) is 0 Å². The first-order valence-corrected chi connectivity index (χ1v) is 6.15. The molecule has 0 radical (unpaired) electrons. The average Bonchev–Trinajstić information content (AvgIpc) is 3.01. The van der Waals surface area contributed by atoms with Gasteiger partial charge in [0.05, 0.1) is 11.0 Å². The number of rotatable bonds is 1. The third-order valence-corrected chi connectivity index (χ3v) is 3.38. The summed E-state index contributed by atoms with van der Waals surface area (Å²) in [6, 6.07) is 3.89. The Bertz CT molecular complexity index is 548. The summed E-state index contributed by atoms with van der Waals surface area (Å²) >= 11 is 0. The molecule has 94 valence electrons. The van der Waals surface area contributed by atoms with Crippen molar-refractivity contribution in [3.05, 3.63) is 12.1 Å². The first-order chi connectivity index (χ1) is 8.90. The van der Waals surface area contributed by atoms with Crippen LogP contribution in [0.2, 0.25) is 0 Å². The van der Waals surface area contributed by atoms with E-state index in [2.05, 4.69) is 20.2 Å². The van der Waals surface area contributed by atoms with Crippen molar-refractivity contribution in [2.75, 3.05) is 37.9 Å². The van der Waals surface area contributed by atoms with Gasteiger partial charge in [-0.3, -0.25) is 0 Å².